The summed E-state index contributed by atoms with van der Waals surface area (Å²) in [6, 6.07) is 13.8. The third kappa shape index (κ3) is 3.71. The van der Waals surface area contributed by atoms with Crippen molar-refractivity contribution in [3.8, 4) is 11.6 Å². The third-order valence-electron chi connectivity index (χ3n) is 2.89. The van der Waals surface area contributed by atoms with Crippen LogP contribution in [0.5, 0.6) is 11.6 Å². The summed E-state index contributed by atoms with van der Waals surface area (Å²) in [5, 5.41) is 0. The van der Waals surface area contributed by atoms with Gasteiger partial charge in [-0.2, -0.15) is 0 Å². The molecule has 0 aliphatic heterocycles. The molecular formula is C16H20N2O2. The van der Waals surface area contributed by atoms with Crippen LogP contribution in [0.4, 0.5) is 0 Å². The van der Waals surface area contributed by atoms with Gasteiger partial charge < -0.3 is 15.2 Å². The largest absolute Gasteiger partial charge is 0.480 e. The second-order valence-corrected chi connectivity index (χ2v) is 4.33. The van der Waals surface area contributed by atoms with Crippen molar-refractivity contribution in [2.75, 3.05) is 13.2 Å². The highest BCUT2D eigenvalue weighted by atomic mass is 16.5. The van der Waals surface area contributed by atoms with Crippen LogP contribution in [0.25, 0.3) is 0 Å². The Labute approximate surface area is 119 Å². The maximum atomic E-state index is 6.06. The minimum Gasteiger partial charge on any atom is -0.480 e. The lowest BCUT2D eigenvalue weighted by Crippen LogP contribution is -2.14. The first kappa shape index (κ1) is 14.3. The molecule has 2 aromatic rings. The Hall–Kier alpha value is -2.07. The Balaban J connectivity index is 2.20. The van der Waals surface area contributed by atoms with E-state index in [1.54, 1.807) is 6.20 Å². The van der Waals surface area contributed by atoms with Crippen LogP contribution < -0.4 is 15.2 Å². The average Bonchev–Trinajstić information content (AvgIpc) is 2.50. The fourth-order valence-corrected chi connectivity index (χ4v) is 1.98. The molecule has 106 valence electrons. The molecule has 0 bridgehead atoms. The quantitative estimate of drug-likeness (QED) is 0.842. The Morgan fingerprint density at radius 1 is 1.15 bits per heavy atom. The van der Waals surface area contributed by atoms with E-state index in [1.165, 1.54) is 0 Å². The van der Waals surface area contributed by atoms with Gasteiger partial charge in [0.2, 0.25) is 0 Å². The summed E-state index contributed by atoms with van der Waals surface area (Å²) in [5.74, 6) is 1.17. The maximum absolute atomic E-state index is 6.06. The van der Waals surface area contributed by atoms with Gasteiger partial charge in [0, 0.05) is 12.6 Å². The number of ether oxygens (including phenoxy) is 2. The zero-order chi connectivity index (χ0) is 14.2. The van der Waals surface area contributed by atoms with Crippen LogP contribution in [0.1, 0.15) is 25.0 Å². The van der Waals surface area contributed by atoms with Gasteiger partial charge >= 0.3 is 0 Å². The Morgan fingerprint density at radius 2 is 1.95 bits per heavy atom. The van der Waals surface area contributed by atoms with Gasteiger partial charge in [-0.05, 0) is 31.2 Å². The lowest BCUT2D eigenvalue weighted by atomic mass is 10.1. The van der Waals surface area contributed by atoms with Crippen molar-refractivity contribution in [2.45, 2.75) is 19.4 Å². The second kappa shape index (κ2) is 7.50. The van der Waals surface area contributed by atoms with E-state index in [2.05, 4.69) is 4.98 Å². The molecule has 4 heteroatoms. The first-order chi connectivity index (χ1) is 9.85. The van der Waals surface area contributed by atoms with Gasteiger partial charge in [0.05, 0.1) is 6.61 Å². The highest BCUT2D eigenvalue weighted by molar-refractivity contribution is 5.33. The van der Waals surface area contributed by atoms with Crippen LogP contribution in [0, 0.1) is 0 Å². The van der Waals surface area contributed by atoms with Gasteiger partial charge in [0.25, 0.3) is 5.88 Å². The molecule has 0 saturated carbocycles. The molecule has 1 atom stereocenters. The van der Waals surface area contributed by atoms with Crippen LogP contribution in [0.3, 0.4) is 0 Å². The summed E-state index contributed by atoms with van der Waals surface area (Å²) in [4.78, 5) is 4.20. The van der Waals surface area contributed by atoms with Gasteiger partial charge in [-0.15, -0.1) is 0 Å². The van der Waals surface area contributed by atoms with E-state index in [-0.39, 0.29) is 6.10 Å². The summed E-state index contributed by atoms with van der Waals surface area (Å²) in [6.45, 7) is 3.04. The van der Waals surface area contributed by atoms with Crippen molar-refractivity contribution >= 4 is 0 Å². The van der Waals surface area contributed by atoms with Gasteiger partial charge in [-0.3, -0.25) is 0 Å². The zero-order valence-electron chi connectivity index (χ0n) is 11.7. The highest BCUT2D eigenvalue weighted by Crippen LogP contribution is 2.30. The highest BCUT2D eigenvalue weighted by Gasteiger charge is 2.15. The molecule has 0 aliphatic carbocycles. The molecule has 20 heavy (non-hydrogen) atoms. The molecule has 1 unspecified atom stereocenters. The molecule has 0 fully saturated rings. The smallest absolute Gasteiger partial charge is 0.257 e. The number of hydrogen-bond acceptors (Lipinski definition) is 4. The minimum absolute atomic E-state index is 0.0930. The Kier molecular flexibility index (Phi) is 5.38. The number of nitrogens with zero attached hydrogens (tertiary/aromatic N) is 1. The molecule has 0 spiro atoms. The van der Waals surface area contributed by atoms with Crippen molar-refractivity contribution < 1.29 is 9.47 Å². The predicted molar refractivity (Wildman–Crippen MR) is 78.9 cm³/mol. The summed E-state index contributed by atoms with van der Waals surface area (Å²) in [6.07, 6.45) is 2.34. The van der Waals surface area contributed by atoms with E-state index in [0.29, 0.717) is 24.8 Å². The van der Waals surface area contributed by atoms with Gasteiger partial charge in [-0.1, -0.05) is 30.3 Å². The van der Waals surface area contributed by atoms with E-state index in [0.717, 1.165) is 12.0 Å². The molecule has 0 aliphatic rings. The van der Waals surface area contributed by atoms with Crippen LogP contribution in [-0.2, 0) is 0 Å². The number of pyridine rings is 1. The van der Waals surface area contributed by atoms with Gasteiger partial charge in [0.15, 0.2) is 5.75 Å². The van der Waals surface area contributed by atoms with E-state index >= 15 is 0 Å². The van der Waals surface area contributed by atoms with Crippen molar-refractivity contribution in [1.29, 1.82) is 0 Å². The van der Waals surface area contributed by atoms with E-state index in [9.17, 15) is 0 Å². The average molecular weight is 272 g/mol. The van der Waals surface area contributed by atoms with Crippen LogP contribution in [0.15, 0.2) is 48.7 Å². The standard InChI is InChI=1S/C16H20N2O2/c1-2-19-16-15(9-6-12-18-16)20-14(10-11-17)13-7-4-3-5-8-13/h3-9,12,14H,2,10-11,17H2,1H3. The predicted octanol–water partition coefficient (Wildman–Crippen LogP) is 2.95. The van der Waals surface area contributed by atoms with Gasteiger partial charge in [0.1, 0.15) is 6.10 Å². The topological polar surface area (TPSA) is 57.4 Å². The lowest BCUT2D eigenvalue weighted by Gasteiger charge is -2.20. The normalized spacial score (nSPS) is 11.9. The molecule has 0 amide bonds. The number of hydrogen-bond donors (Lipinski definition) is 1. The number of nitrogens with two attached hydrogens (primary N) is 1. The third-order valence-corrected chi connectivity index (χ3v) is 2.89. The zero-order valence-corrected chi connectivity index (χ0v) is 11.7. The molecular weight excluding hydrogens is 252 g/mol. The molecule has 0 saturated heterocycles. The maximum Gasteiger partial charge on any atom is 0.257 e. The Bertz CT molecular complexity index is 517. The molecule has 1 heterocycles. The van der Waals surface area contributed by atoms with Crippen molar-refractivity contribution in [3.05, 3.63) is 54.2 Å². The van der Waals surface area contributed by atoms with Gasteiger partial charge in [-0.25, -0.2) is 4.98 Å². The van der Waals surface area contributed by atoms with E-state index < -0.39 is 0 Å². The van der Waals surface area contributed by atoms with Crippen molar-refractivity contribution in [3.63, 3.8) is 0 Å². The first-order valence-corrected chi connectivity index (χ1v) is 6.84. The number of benzene rings is 1. The summed E-state index contributed by atoms with van der Waals surface area (Å²) < 4.78 is 11.5. The monoisotopic (exact) mass is 272 g/mol. The SMILES string of the molecule is CCOc1ncccc1OC(CCN)c1ccccc1. The second-order valence-electron chi connectivity index (χ2n) is 4.33. The molecule has 1 aromatic carbocycles. The fraction of sp³-hybridized carbons (Fsp3) is 0.312. The first-order valence-electron chi connectivity index (χ1n) is 6.84. The van der Waals surface area contributed by atoms with Crippen LogP contribution in [0.2, 0.25) is 0 Å². The molecule has 2 N–H and O–H groups in total. The van der Waals surface area contributed by atoms with E-state index in [1.807, 2.05) is 49.4 Å². The number of aromatic nitrogens is 1. The van der Waals surface area contributed by atoms with Crippen LogP contribution in [-0.4, -0.2) is 18.1 Å². The van der Waals surface area contributed by atoms with Crippen molar-refractivity contribution in [2.24, 2.45) is 5.73 Å². The fourth-order valence-electron chi connectivity index (χ4n) is 1.98. The van der Waals surface area contributed by atoms with E-state index in [4.69, 9.17) is 15.2 Å². The van der Waals surface area contributed by atoms with Crippen LogP contribution >= 0.6 is 0 Å². The summed E-state index contributed by atoms with van der Waals surface area (Å²) in [7, 11) is 0. The van der Waals surface area contributed by atoms with Crippen molar-refractivity contribution in [1.82, 2.24) is 4.98 Å². The molecule has 4 nitrogen and oxygen atoms in total. The molecule has 0 radical (unpaired) electrons. The lowest BCUT2D eigenvalue weighted by molar-refractivity contribution is 0.183. The Morgan fingerprint density at radius 3 is 2.65 bits per heavy atom. The number of rotatable bonds is 7. The minimum atomic E-state index is -0.0930. The summed E-state index contributed by atoms with van der Waals surface area (Å²) in [5.41, 5.74) is 6.79. The molecule has 2 rings (SSSR count). The molecule has 1 aromatic heterocycles. The summed E-state index contributed by atoms with van der Waals surface area (Å²) >= 11 is 0.